The van der Waals surface area contributed by atoms with Crippen molar-refractivity contribution in [2.45, 2.75) is 52.1 Å². The second kappa shape index (κ2) is 9.24. The van der Waals surface area contributed by atoms with Crippen LogP contribution in [0.5, 0.6) is 0 Å². The summed E-state index contributed by atoms with van der Waals surface area (Å²) in [6.07, 6.45) is 6.93. The highest BCUT2D eigenvalue weighted by Crippen LogP contribution is 2.24. The van der Waals surface area contributed by atoms with E-state index in [4.69, 9.17) is 15.5 Å². The summed E-state index contributed by atoms with van der Waals surface area (Å²) in [5, 5.41) is 0. The zero-order valence-electron chi connectivity index (χ0n) is 17.9. The molecule has 1 aromatic carbocycles. The van der Waals surface area contributed by atoms with Crippen molar-refractivity contribution in [1.82, 2.24) is 14.9 Å². The van der Waals surface area contributed by atoms with Crippen molar-refractivity contribution >= 4 is 12.0 Å². The van der Waals surface area contributed by atoms with Gasteiger partial charge in [0.1, 0.15) is 5.60 Å². The van der Waals surface area contributed by atoms with E-state index >= 15 is 0 Å². The van der Waals surface area contributed by atoms with Crippen molar-refractivity contribution in [1.29, 1.82) is 0 Å². The maximum atomic E-state index is 12.4. The van der Waals surface area contributed by atoms with Crippen molar-refractivity contribution in [2.24, 2.45) is 11.7 Å². The van der Waals surface area contributed by atoms with Crippen LogP contribution in [0.2, 0.25) is 0 Å². The smallest absolute Gasteiger partial charge is 0.410 e. The first-order valence-corrected chi connectivity index (χ1v) is 10.4. The minimum Gasteiger partial charge on any atom is -0.444 e. The summed E-state index contributed by atoms with van der Waals surface area (Å²) in [4.78, 5) is 34.7. The van der Waals surface area contributed by atoms with E-state index in [-0.39, 0.29) is 6.09 Å². The molecule has 3 rings (SSSR count). The van der Waals surface area contributed by atoms with Crippen molar-refractivity contribution < 1.29 is 14.3 Å². The number of hydrogen-bond donors (Lipinski definition) is 1. The van der Waals surface area contributed by atoms with E-state index < -0.39 is 11.5 Å². The summed E-state index contributed by atoms with van der Waals surface area (Å²) in [5.41, 5.74) is 7.80. The number of ether oxygens (including phenoxy) is 1. The Morgan fingerprint density at radius 3 is 2.73 bits per heavy atom. The summed E-state index contributed by atoms with van der Waals surface area (Å²) in [5.74, 6) is -0.0344. The van der Waals surface area contributed by atoms with Gasteiger partial charge in [0.2, 0.25) is 5.91 Å². The summed E-state index contributed by atoms with van der Waals surface area (Å²) >= 11 is 0. The first-order valence-electron chi connectivity index (χ1n) is 10.4. The van der Waals surface area contributed by atoms with E-state index in [0.717, 1.165) is 49.2 Å². The standard InChI is InChI=1S/C23H30N4O3/c1-23(2,3)30-22(29)27-10-5-6-16(9-11-27)12-19-14-25-15-20(26-19)17-7-4-8-18(13-17)21(24)28/h4,7-8,13-16H,5-6,9-12H2,1-3H3,(H2,24,28). The summed E-state index contributed by atoms with van der Waals surface area (Å²) in [6.45, 7) is 7.06. The SMILES string of the molecule is CC(C)(C)OC(=O)N1CCCC(Cc2cncc(-c3cccc(C(N)=O)c3)n2)CC1. The number of carbonyl (C=O) groups is 2. The largest absolute Gasteiger partial charge is 0.444 e. The maximum Gasteiger partial charge on any atom is 0.410 e. The molecule has 1 atom stereocenters. The van der Waals surface area contributed by atoms with Crippen LogP contribution in [0.15, 0.2) is 36.7 Å². The van der Waals surface area contributed by atoms with Gasteiger partial charge in [0, 0.05) is 30.4 Å². The molecule has 0 saturated carbocycles. The molecule has 7 nitrogen and oxygen atoms in total. The first kappa shape index (κ1) is 21.7. The Kier molecular flexibility index (Phi) is 6.70. The Morgan fingerprint density at radius 2 is 2.00 bits per heavy atom. The molecule has 2 N–H and O–H groups in total. The third-order valence-corrected chi connectivity index (χ3v) is 5.12. The number of nitrogens with zero attached hydrogens (tertiary/aromatic N) is 3. The number of rotatable bonds is 4. The van der Waals surface area contributed by atoms with Crippen molar-refractivity contribution in [2.75, 3.05) is 13.1 Å². The third-order valence-electron chi connectivity index (χ3n) is 5.12. The number of primary amides is 1. The predicted molar refractivity (Wildman–Crippen MR) is 115 cm³/mol. The van der Waals surface area contributed by atoms with E-state index in [1.165, 1.54) is 0 Å². The summed E-state index contributed by atoms with van der Waals surface area (Å²) in [6, 6.07) is 7.11. The molecular formula is C23H30N4O3. The molecule has 2 aromatic rings. The van der Waals surface area contributed by atoms with Gasteiger partial charge in [-0.2, -0.15) is 0 Å². The van der Waals surface area contributed by atoms with Gasteiger partial charge >= 0.3 is 6.09 Å². The molecule has 1 aromatic heterocycles. The number of likely N-dealkylation sites (tertiary alicyclic amines) is 1. The number of amides is 2. The molecule has 0 aliphatic carbocycles. The lowest BCUT2D eigenvalue weighted by Crippen LogP contribution is -2.37. The van der Waals surface area contributed by atoms with E-state index in [9.17, 15) is 9.59 Å². The number of benzene rings is 1. The van der Waals surface area contributed by atoms with Gasteiger partial charge < -0.3 is 15.4 Å². The van der Waals surface area contributed by atoms with E-state index in [0.29, 0.717) is 18.0 Å². The van der Waals surface area contributed by atoms with Crippen LogP contribution in [0.1, 0.15) is 56.1 Å². The van der Waals surface area contributed by atoms with Crippen LogP contribution >= 0.6 is 0 Å². The second-order valence-corrected chi connectivity index (χ2v) is 8.81. The zero-order valence-corrected chi connectivity index (χ0v) is 17.9. The highest BCUT2D eigenvalue weighted by Gasteiger charge is 2.25. The molecule has 1 fully saturated rings. The number of nitrogens with two attached hydrogens (primary N) is 1. The summed E-state index contributed by atoms with van der Waals surface area (Å²) < 4.78 is 5.51. The van der Waals surface area contributed by atoms with E-state index in [2.05, 4.69) is 4.98 Å². The molecule has 160 valence electrons. The Hall–Kier alpha value is -2.96. The van der Waals surface area contributed by atoms with Gasteiger partial charge in [0.25, 0.3) is 0 Å². The number of aromatic nitrogens is 2. The molecule has 1 aliphatic heterocycles. The first-order chi connectivity index (χ1) is 14.2. The lowest BCUT2D eigenvalue weighted by Gasteiger charge is -2.26. The molecule has 0 bridgehead atoms. The quantitative estimate of drug-likeness (QED) is 0.826. The van der Waals surface area contributed by atoms with Crippen LogP contribution in [0.4, 0.5) is 4.79 Å². The Labute approximate surface area is 177 Å². The van der Waals surface area contributed by atoms with Gasteiger partial charge in [-0.3, -0.25) is 9.78 Å². The van der Waals surface area contributed by atoms with Gasteiger partial charge in [-0.25, -0.2) is 9.78 Å². The molecule has 2 heterocycles. The molecule has 1 saturated heterocycles. The normalized spacial score (nSPS) is 17.3. The number of carbonyl (C=O) groups excluding carboxylic acids is 2. The average molecular weight is 411 g/mol. The average Bonchev–Trinajstić information content (AvgIpc) is 2.93. The maximum absolute atomic E-state index is 12.4. The predicted octanol–water partition coefficient (Wildman–Crippen LogP) is 3.82. The van der Waals surface area contributed by atoms with Crippen molar-refractivity contribution in [3.8, 4) is 11.3 Å². The molecule has 30 heavy (non-hydrogen) atoms. The fourth-order valence-electron chi connectivity index (χ4n) is 3.65. The third kappa shape index (κ3) is 6.02. The second-order valence-electron chi connectivity index (χ2n) is 8.81. The van der Waals surface area contributed by atoms with Crippen LogP contribution in [0, 0.1) is 5.92 Å². The van der Waals surface area contributed by atoms with Crippen LogP contribution in [0.3, 0.4) is 0 Å². The van der Waals surface area contributed by atoms with Gasteiger partial charge in [0.15, 0.2) is 0 Å². The van der Waals surface area contributed by atoms with Gasteiger partial charge in [-0.1, -0.05) is 12.1 Å². The molecular weight excluding hydrogens is 380 g/mol. The number of hydrogen-bond acceptors (Lipinski definition) is 5. The molecule has 1 unspecified atom stereocenters. The van der Waals surface area contributed by atoms with E-state index in [1.807, 2.05) is 31.7 Å². The Morgan fingerprint density at radius 1 is 1.20 bits per heavy atom. The van der Waals surface area contributed by atoms with Crippen molar-refractivity contribution in [3.05, 3.63) is 47.9 Å². The van der Waals surface area contributed by atoms with Gasteiger partial charge in [0.05, 0.1) is 17.6 Å². The highest BCUT2D eigenvalue weighted by molar-refractivity contribution is 5.93. The van der Waals surface area contributed by atoms with Crippen LogP contribution in [-0.2, 0) is 11.2 Å². The molecule has 0 radical (unpaired) electrons. The van der Waals surface area contributed by atoms with Gasteiger partial charge in [-0.15, -0.1) is 0 Å². The monoisotopic (exact) mass is 410 g/mol. The van der Waals surface area contributed by atoms with Crippen LogP contribution in [-0.4, -0.2) is 45.6 Å². The Bertz CT molecular complexity index is 907. The zero-order chi connectivity index (χ0) is 21.7. The summed E-state index contributed by atoms with van der Waals surface area (Å²) in [7, 11) is 0. The van der Waals surface area contributed by atoms with Crippen LogP contribution in [0.25, 0.3) is 11.3 Å². The lowest BCUT2D eigenvalue weighted by atomic mass is 9.95. The van der Waals surface area contributed by atoms with E-state index in [1.54, 1.807) is 30.6 Å². The molecule has 7 heteroatoms. The fraction of sp³-hybridized carbons (Fsp3) is 0.478. The Balaban J connectivity index is 1.65. The molecule has 1 aliphatic rings. The fourth-order valence-corrected chi connectivity index (χ4v) is 3.65. The molecule has 0 spiro atoms. The van der Waals surface area contributed by atoms with Crippen LogP contribution < -0.4 is 5.73 Å². The minimum atomic E-state index is -0.482. The van der Waals surface area contributed by atoms with Crippen molar-refractivity contribution in [3.63, 3.8) is 0 Å². The topological polar surface area (TPSA) is 98.4 Å². The highest BCUT2D eigenvalue weighted by atomic mass is 16.6. The minimum absolute atomic E-state index is 0.237. The van der Waals surface area contributed by atoms with Gasteiger partial charge in [-0.05, 0) is 64.5 Å². The molecule has 2 amide bonds. The lowest BCUT2D eigenvalue weighted by molar-refractivity contribution is 0.0255.